The lowest BCUT2D eigenvalue weighted by Crippen LogP contribution is -2.14. The van der Waals surface area contributed by atoms with Gasteiger partial charge in [-0.25, -0.2) is 0 Å². The molecule has 0 aliphatic carbocycles. The number of methoxy groups -OCH3 is 3. The second kappa shape index (κ2) is 8.04. The van der Waals surface area contributed by atoms with Crippen LogP contribution in [0.25, 0.3) is 11.0 Å². The minimum absolute atomic E-state index is 0.0127. The van der Waals surface area contributed by atoms with Crippen LogP contribution in [-0.4, -0.2) is 32.4 Å². The largest absolute Gasteiger partial charge is 0.502 e. The van der Waals surface area contributed by atoms with Crippen LogP contribution < -0.4 is 14.9 Å². The maximum absolute atomic E-state index is 12.6. The highest BCUT2D eigenvalue weighted by molar-refractivity contribution is 5.78. The van der Waals surface area contributed by atoms with E-state index < -0.39 is 23.1 Å². The number of rotatable bonds is 6. The molecule has 7 heteroatoms. The first-order valence-electron chi connectivity index (χ1n) is 8.53. The SMILES string of the molecule is COC(=O)CC(c1ccc(OC)c(OC)c1)c1oc2ccccc2c(=O)c1O. The normalized spacial score (nSPS) is 11.8. The zero-order chi connectivity index (χ0) is 20.3. The molecule has 1 aromatic heterocycles. The summed E-state index contributed by atoms with van der Waals surface area (Å²) in [4.78, 5) is 24.6. The van der Waals surface area contributed by atoms with Crippen molar-refractivity contribution in [3.63, 3.8) is 0 Å². The summed E-state index contributed by atoms with van der Waals surface area (Å²) in [6.07, 6.45) is -0.138. The Kier molecular flexibility index (Phi) is 5.54. The van der Waals surface area contributed by atoms with Gasteiger partial charge in [0.2, 0.25) is 11.2 Å². The predicted octanol–water partition coefficient (Wildman–Crippen LogP) is 3.21. The van der Waals surface area contributed by atoms with E-state index in [1.54, 1.807) is 42.5 Å². The summed E-state index contributed by atoms with van der Waals surface area (Å²) < 4.78 is 21.2. The molecule has 3 aromatic rings. The van der Waals surface area contributed by atoms with Gasteiger partial charge in [0.25, 0.3) is 0 Å². The first-order valence-corrected chi connectivity index (χ1v) is 8.53. The van der Waals surface area contributed by atoms with Gasteiger partial charge in [0.1, 0.15) is 5.58 Å². The molecule has 0 saturated carbocycles. The lowest BCUT2D eigenvalue weighted by Gasteiger charge is -2.18. The fourth-order valence-electron chi connectivity index (χ4n) is 3.07. The Morgan fingerprint density at radius 1 is 1.07 bits per heavy atom. The quantitative estimate of drug-likeness (QED) is 0.652. The molecule has 0 saturated heterocycles. The maximum atomic E-state index is 12.6. The van der Waals surface area contributed by atoms with E-state index in [4.69, 9.17) is 18.6 Å². The summed E-state index contributed by atoms with van der Waals surface area (Å²) in [7, 11) is 4.27. The van der Waals surface area contributed by atoms with Gasteiger partial charge < -0.3 is 23.7 Å². The van der Waals surface area contributed by atoms with Crippen molar-refractivity contribution in [2.24, 2.45) is 0 Å². The lowest BCUT2D eigenvalue weighted by atomic mass is 9.91. The summed E-state index contributed by atoms with van der Waals surface area (Å²) in [5, 5.41) is 10.8. The van der Waals surface area contributed by atoms with Crippen molar-refractivity contribution in [1.29, 1.82) is 0 Å². The highest BCUT2D eigenvalue weighted by atomic mass is 16.5. The van der Waals surface area contributed by atoms with Gasteiger partial charge in [0.05, 0.1) is 39.1 Å². The Hall–Kier alpha value is -3.48. The average molecular weight is 384 g/mol. The summed E-state index contributed by atoms with van der Waals surface area (Å²) in [5.41, 5.74) is 0.347. The van der Waals surface area contributed by atoms with E-state index in [2.05, 4.69) is 0 Å². The van der Waals surface area contributed by atoms with Crippen LogP contribution in [0.2, 0.25) is 0 Å². The van der Waals surface area contributed by atoms with E-state index in [-0.39, 0.29) is 17.6 Å². The molecule has 1 heterocycles. The summed E-state index contributed by atoms with van der Waals surface area (Å²) in [5.74, 6) is -0.881. The maximum Gasteiger partial charge on any atom is 0.306 e. The van der Waals surface area contributed by atoms with E-state index in [1.807, 2.05) is 0 Å². The number of ether oxygens (including phenoxy) is 3. The van der Waals surface area contributed by atoms with Gasteiger partial charge >= 0.3 is 5.97 Å². The van der Waals surface area contributed by atoms with Crippen molar-refractivity contribution in [3.05, 3.63) is 64.0 Å². The number of aromatic hydroxyl groups is 1. The molecule has 7 nitrogen and oxygen atoms in total. The van der Waals surface area contributed by atoms with Crippen LogP contribution in [0.4, 0.5) is 0 Å². The number of fused-ring (bicyclic) bond motifs is 1. The molecule has 0 aliphatic heterocycles. The zero-order valence-electron chi connectivity index (χ0n) is 15.7. The highest BCUT2D eigenvalue weighted by Gasteiger charge is 2.27. The minimum atomic E-state index is -0.760. The smallest absolute Gasteiger partial charge is 0.306 e. The third-order valence-corrected chi connectivity index (χ3v) is 4.52. The number of hydrogen-bond donors (Lipinski definition) is 1. The monoisotopic (exact) mass is 384 g/mol. The molecule has 1 N–H and O–H groups in total. The number of para-hydroxylation sites is 1. The minimum Gasteiger partial charge on any atom is -0.502 e. The molecule has 0 radical (unpaired) electrons. The first-order chi connectivity index (χ1) is 13.5. The Labute approximate surface area is 161 Å². The number of hydrogen-bond acceptors (Lipinski definition) is 7. The van der Waals surface area contributed by atoms with Crippen LogP contribution in [0.15, 0.2) is 51.7 Å². The number of carbonyl (C=O) groups excluding carboxylic acids is 1. The third kappa shape index (κ3) is 3.51. The number of esters is 1. The lowest BCUT2D eigenvalue weighted by molar-refractivity contribution is -0.140. The number of benzene rings is 2. The van der Waals surface area contributed by atoms with Gasteiger partial charge in [0.15, 0.2) is 17.3 Å². The summed E-state index contributed by atoms with van der Waals surface area (Å²) in [6.45, 7) is 0. The Balaban J connectivity index is 2.22. The van der Waals surface area contributed by atoms with Crippen molar-refractivity contribution in [2.75, 3.05) is 21.3 Å². The van der Waals surface area contributed by atoms with Crippen molar-refractivity contribution in [3.8, 4) is 17.2 Å². The van der Waals surface area contributed by atoms with E-state index in [9.17, 15) is 14.7 Å². The van der Waals surface area contributed by atoms with Crippen molar-refractivity contribution >= 4 is 16.9 Å². The van der Waals surface area contributed by atoms with Crippen LogP contribution in [0.1, 0.15) is 23.7 Å². The van der Waals surface area contributed by atoms with E-state index >= 15 is 0 Å². The number of carbonyl (C=O) groups is 1. The van der Waals surface area contributed by atoms with Gasteiger partial charge in [-0.3, -0.25) is 9.59 Å². The summed E-state index contributed by atoms with van der Waals surface area (Å²) >= 11 is 0. The zero-order valence-corrected chi connectivity index (χ0v) is 15.7. The van der Waals surface area contributed by atoms with Crippen LogP contribution in [0.5, 0.6) is 17.2 Å². The van der Waals surface area contributed by atoms with Crippen molar-refractivity contribution in [2.45, 2.75) is 12.3 Å². The van der Waals surface area contributed by atoms with E-state index in [0.717, 1.165) is 0 Å². The second-order valence-electron chi connectivity index (χ2n) is 6.09. The molecule has 0 amide bonds. The molecule has 0 aliphatic rings. The molecule has 3 rings (SSSR count). The van der Waals surface area contributed by atoms with Gasteiger partial charge in [-0.05, 0) is 29.8 Å². The fraction of sp³-hybridized carbons (Fsp3) is 0.238. The second-order valence-corrected chi connectivity index (χ2v) is 6.09. The molecule has 28 heavy (non-hydrogen) atoms. The molecule has 0 fully saturated rings. The third-order valence-electron chi connectivity index (χ3n) is 4.52. The standard InChI is InChI=1S/C21H20O7/c1-25-16-9-8-12(10-17(16)26-2)14(11-18(22)27-3)21-20(24)19(23)13-6-4-5-7-15(13)28-21/h4-10,14,24H,11H2,1-3H3. The molecule has 146 valence electrons. The van der Waals surface area contributed by atoms with Crippen molar-refractivity contribution in [1.82, 2.24) is 0 Å². The molecular formula is C21H20O7. The predicted molar refractivity (Wildman–Crippen MR) is 102 cm³/mol. The van der Waals surface area contributed by atoms with E-state index in [0.29, 0.717) is 22.6 Å². The Morgan fingerprint density at radius 2 is 1.79 bits per heavy atom. The van der Waals surface area contributed by atoms with Crippen LogP contribution in [0.3, 0.4) is 0 Å². The van der Waals surface area contributed by atoms with Crippen LogP contribution >= 0.6 is 0 Å². The van der Waals surface area contributed by atoms with Gasteiger partial charge in [-0.15, -0.1) is 0 Å². The van der Waals surface area contributed by atoms with Gasteiger partial charge in [0, 0.05) is 0 Å². The molecule has 1 atom stereocenters. The Morgan fingerprint density at radius 3 is 2.46 bits per heavy atom. The van der Waals surface area contributed by atoms with Crippen LogP contribution in [-0.2, 0) is 9.53 Å². The fourth-order valence-corrected chi connectivity index (χ4v) is 3.07. The first kappa shape index (κ1) is 19.3. The van der Waals surface area contributed by atoms with Gasteiger partial charge in [-0.2, -0.15) is 0 Å². The summed E-state index contributed by atoms with van der Waals surface area (Å²) in [6, 6.07) is 11.6. The molecular weight excluding hydrogens is 364 g/mol. The topological polar surface area (TPSA) is 95.2 Å². The molecule has 0 bridgehead atoms. The van der Waals surface area contributed by atoms with Gasteiger partial charge in [-0.1, -0.05) is 18.2 Å². The van der Waals surface area contributed by atoms with Crippen LogP contribution in [0, 0.1) is 0 Å². The van der Waals surface area contributed by atoms with E-state index in [1.165, 1.54) is 21.3 Å². The highest BCUT2D eigenvalue weighted by Crippen LogP contribution is 2.38. The molecule has 0 spiro atoms. The molecule has 1 unspecified atom stereocenters. The van der Waals surface area contributed by atoms with Crippen molar-refractivity contribution < 1.29 is 28.5 Å². The average Bonchev–Trinajstić information content (AvgIpc) is 2.74. The molecule has 2 aromatic carbocycles. The Bertz CT molecular complexity index is 1070.